The molecule has 0 amide bonds. The van der Waals surface area contributed by atoms with Crippen molar-refractivity contribution in [2.45, 2.75) is 20.1 Å². The van der Waals surface area contributed by atoms with Gasteiger partial charge in [0.05, 0.1) is 18.8 Å². The van der Waals surface area contributed by atoms with Gasteiger partial charge < -0.3 is 10.0 Å². The Bertz CT molecular complexity index is 511. The zero-order valence-corrected chi connectivity index (χ0v) is 10.8. The highest BCUT2D eigenvalue weighted by molar-refractivity contribution is 5.54. The summed E-state index contributed by atoms with van der Waals surface area (Å²) in [6.07, 6.45) is 1.80. The number of pyridine rings is 1. The van der Waals surface area contributed by atoms with Gasteiger partial charge in [-0.25, -0.2) is 0 Å². The average molecular weight is 242 g/mol. The van der Waals surface area contributed by atoms with Crippen molar-refractivity contribution in [2.75, 3.05) is 11.9 Å². The molecule has 0 aliphatic carbocycles. The van der Waals surface area contributed by atoms with Crippen molar-refractivity contribution in [3.05, 3.63) is 59.4 Å². The summed E-state index contributed by atoms with van der Waals surface area (Å²) in [5.41, 5.74) is 4.18. The SMILES string of the molecule is Cc1ccc(N(C)Cc2ccccn2)c(CO)c1. The van der Waals surface area contributed by atoms with Crippen LogP contribution in [0.4, 0.5) is 5.69 Å². The van der Waals surface area contributed by atoms with Crippen LogP contribution in [0.3, 0.4) is 0 Å². The van der Waals surface area contributed by atoms with Crippen LogP contribution in [0, 0.1) is 6.92 Å². The summed E-state index contributed by atoms with van der Waals surface area (Å²) in [5.74, 6) is 0. The van der Waals surface area contributed by atoms with Crippen LogP contribution >= 0.6 is 0 Å². The lowest BCUT2D eigenvalue weighted by atomic mass is 10.1. The summed E-state index contributed by atoms with van der Waals surface area (Å²) in [6, 6.07) is 12.0. The number of aromatic nitrogens is 1. The van der Waals surface area contributed by atoms with E-state index in [2.05, 4.69) is 16.0 Å². The topological polar surface area (TPSA) is 36.4 Å². The Morgan fingerprint density at radius 1 is 1.22 bits per heavy atom. The highest BCUT2D eigenvalue weighted by Crippen LogP contribution is 2.22. The van der Waals surface area contributed by atoms with Crippen LogP contribution in [-0.4, -0.2) is 17.1 Å². The molecule has 1 heterocycles. The summed E-state index contributed by atoms with van der Waals surface area (Å²) in [5, 5.41) is 9.42. The monoisotopic (exact) mass is 242 g/mol. The Kier molecular flexibility index (Phi) is 3.95. The van der Waals surface area contributed by atoms with Crippen molar-refractivity contribution in [1.82, 2.24) is 4.98 Å². The Morgan fingerprint density at radius 3 is 2.72 bits per heavy atom. The summed E-state index contributed by atoms with van der Waals surface area (Å²) >= 11 is 0. The van der Waals surface area contributed by atoms with Gasteiger partial charge in [0.1, 0.15) is 0 Å². The maximum Gasteiger partial charge on any atom is 0.0702 e. The molecule has 0 atom stereocenters. The van der Waals surface area contributed by atoms with Crippen LogP contribution in [0.15, 0.2) is 42.6 Å². The van der Waals surface area contributed by atoms with E-state index < -0.39 is 0 Å². The second-order valence-corrected chi connectivity index (χ2v) is 4.47. The second-order valence-electron chi connectivity index (χ2n) is 4.47. The van der Waals surface area contributed by atoms with Gasteiger partial charge in [0.2, 0.25) is 0 Å². The van der Waals surface area contributed by atoms with Gasteiger partial charge in [0.15, 0.2) is 0 Å². The molecule has 1 aromatic carbocycles. The Labute approximate surface area is 108 Å². The molecular formula is C15H18N2O. The van der Waals surface area contributed by atoms with Crippen molar-refractivity contribution in [3.8, 4) is 0 Å². The molecule has 0 aliphatic heterocycles. The molecule has 0 saturated carbocycles. The first kappa shape index (κ1) is 12.6. The van der Waals surface area contributed by atoms with Crippen molar-refractivity contribution in [3.63, 3.8) is 0 Å². The number of hydrogen-bond donors (Lipinski definition) is 1. The molecule has 2 aromatic rings. The Morgan fingerprint density at radius 2 is 2.06 bits per heavy atom. The molecule has 0 unspecified atom stereocenters. The van der Waals surface area contributed by atoms with E-state index in [9.17, 15) is 5.11 Å². The van der Waals surface area contributed by atoms with Crippen LogP contribution in [0.1, 0.15) is 16.8 Å². The van der Waals surface area contributed by atoms with E-state index in [1.807, 2.05) is 44.3 Å². The molecular weight excluding hydrogens is 224 g/mol. The molecule has 0 spiro atoms. The van der Waals surface area contributed by atoms with Crippen LogP contribution in [0.5, 0.6) is 0 Å². The average Bonchev–Trinajstić information content (AvgIpc) is 2.39. The summed E-state index contributed by atoms with van der Waals surface area (Å²) in [4.78, 5) is 6.42. The lowest BCUT2D eigenvalue weighted by molar-refractivity contribution is 0.282. The minimum Gasteiger partial charge on any atom is -0.392 e. The van der Waals surface area contributed by atoms with Gasteiger partial charge >= 0.3 is 0 Å². The highest BCUT2D eigenvalue weighted by atomic mass is 16.3. The number of hydrogen-bond acceptors (Lipinski definition) is 3. The van der Waals surface area contributed by atoms with Crippen molar-refractivity contribution < 1.29 is 5.11 Å². The molecule has 0 fully saturated rings. The molecule has 3 heteroatoms. The van der Waals surface area contributed by atoms with Gasteiger partial charge in [-0.3, -0.25) is 4.98 Å². The molecule has 94 valence electrons. The van der Waals surface area contributed by atoms with Crippen molar-refractivity contribution >= 4 is 5.69 Å². The quantitative estimate of drug-likeness (QED) is 0.895. The molecule has 18 heavy (non-hydrogen) atoms. The van der Waals surface area contributed by atoms with E-state index >= 15 is 0 Å². The van der Waals surface area contributed by atoms with Crippen LogP contribution < -0.4 is 4.90 Å². The van der Waals surface area contributed by atoms with Crippen LogP contribution in [0.2, 0.25) is 0 Å². The van der Waals surface area contributed by atoms with Crippen molar-refractivity contribution in [1.29, 1.82) is 0 Å². The number of anilines is 1. The molecule has 1 aromatic heterocycles. The number of rotatable bonds is 4. The molecule has 1 N–H and O–H groups in total. The van der Waals surface area contributed by atoms with Gasteiger partial charge in [-0.05, 0) is 25.1 Å². The maximum absolute atomic E-state index is 9.42. The number of aliphatic hydroxyl groups excluding tert-OH is 1. The molecule has 0 aliphatic rings. The number of aryl methyl sites for hydroxylation is 1. The molecule has 0 radical (unpaired) electrons. The predicted molar refractivity (Wildman–Crippen MR) is 73.4 cm³/mol. The Balaban J connectivity index is 2.21. The first-order chi connectivity index (χ1) is 8.70. The standard InChI is InChI=1S/C15H18N2O/c1-12-6-7-15(13(9-12)11-18)17(2)10-14-5-3-4-8-16-14/h3-9,18H,10-11H2,1-2H3. The molecule has 3 nitrogen and oxygen atoms in total. The van der Waals surface area contributed by atoms with Gasteiger partial charge in [-0.1, -0.05) is 23.8 Å². The van der Waals surface area contributed by atoms with E-state index in [0.29, 0.717) is 0 Å². The minimum atomic E-state index is 0.0591. The lowest BCUT2D eigenvalue weighted by Crippen LogP contribution is -2.18. The van der Waals surface area contributed by atoms with Gasteiger partial charge in [0.25, 0.3) is 0 Å². The van der Waals surface area contributed by atoms with E-state index in [-0.39, 0.29) is 6.61 Å². The first-order valence-corrected chi connectivity index (χ1v) is 6.02. The zero-order chi connectivity index (χ0) is 13.0. The second kappa shape index (κ2) is 5.65. The first-order valence-electron chi connectivity index (χ1n) is 6.02. The van der Waals surface area contributed by atoms with Gasteiger partial charge in [-0.15, -0.1) is 0 Å². The molecule has 0 bridgehead atoms. The third-order valence-corrected chi connectivity index (χ3v) is 2.94. The van der Waals surface area contributed by atoms with Crippen molar-refractivity contribution in [2.24, 2.45) is 0 Å². The highest BCUT2D eigenvalue weighted by Gasteiger charge is 2.08. The normalized spacial score (nSPS) is 10.4. The fourth-order valence-electron chi connectivity index (χ4n) is 2.03. The van der Waals surface area contributed by atoms with Gasteiger partial charge in [0, 0.05) is 24.5 Å². The number of nitrogens with zero attached hydrogens (tertiary/aromatic N) is 2. The molecule has 0 saturated heterocycles. The zero-order valence-electron chi connectivity index (χ0n) is 10.8. The summed E-state index contributed by atoms with van der Waals surface area (Å²) < 4.78 is 0. The van der Waals surface area contributed by atoms with E-state index in [0.717, 1.165) is 29.1 Å². The van der Waals surface area contributed by atoms with E-state index in [1.165, 1.54) is 0 Å². The minimum absolute atomic E-state index is 0.0591. The summed E-state index contributed by atoms with van der Waals surface area (Å²) in [6.45, 7) is 2.82. The predicted octanol–water partition coefficient (Wildman–Crippen LogP) is 2.52. The smallest absolute Gasteiger partial charge is 0.0702 e. The third kappa shape index (κ3) is 2.87. The third-order valence-electron chi connectivity index (χ3n) is 2.94. The van der Waals surface area contributed by atoms with Crippen LogP contribution in [0.25, 0.3) is 0 Å². The fraction of sp³-hybridized carbons (Fsp3) is 0.267. The Hall–Kier alpha value is -1.87. The molecule has 2 rings (SSSR count). The van der Waals surface area contributed by atoms with E-state index in [1.54, 1.807) is 6.20 Å². The summed E-state index contributed by atoms with van der Waals surface area (Å²) in [7, 11) is 2.01. The van der Waals surface area contributed by atoms with Crippen LogP contribution in [-0.2, 0) is 13.2 Å². The number of benzene rings is 1. The number of aliphatic hydroxyl groups is 1. The largest absolute Gasteiger partial charge is 0.392 e. The van der Waals surface area contributed by atoms with Gasteiger partial charge in [-0.2, -0.15) is 0 Å². The fourth-order valence-corrected chi connectivity index (χ4v) is 2.03. The van der Waals surface area contributed by atoms with E-state index in [4.69, 9.17) is 0 Å². The maximum atomic E-state index is 9.42. The lowest BCUT2D eigenvalue weighted by Gasteiger charge is -2.22.